The van der Waals surface area contributed by atoms with E-state index in [0.717, 1.165) is 13.0 Å². The van der Waals surface area contributed by atoms with Crippen LogP contribution in [0.3, 0.4) is 0 Å². The SMILES string of the molecule is CC1CCNC2CCCCCCC2S1=O. The van der Waals surface area contributed by atoms with Gasteiger partial charge in [0.05, 0.1) is 5.25 Å². The summed E-state index contributed by atoms with van der Waals surface area (Å²) in [4.78, 5) is 0. The Morgan fingerprint density at radius 3 is 2.60 bits per heavy atom. The topological polar surface area (TPSA) is 29.1 Å². The molecule has 2 aliphatic rings. The maximum Gasteiger partial charge on any atom is 0.0503 e. The van der Waals surface area contributed by atoms with Crippen molar-refractivity contribution in [3.8, 4) is 0 Å². The molecule has 0 amide bonds. The van der Waals surface area contributed by atoms with Gasteiger partial charge < -0.3 is 5.32 Å². The standard InChI is InChI=1S/C12H23NOS/c1-10-8-9-13-11-6-4-2-3-5-7-12(11)15(10)14/h10-13H,2-9H2,1H3. The van der Waals surface area contributed by atoms with E-state index in [1.165, 1.54) is 38.5 Å². The Kier molecular flexibility index (Phi) is 4.21. The minimum Gasteiger partial charge on any atom is -0.313 e. The maximum absolute atomic E-state index is 12.3. The van der Waals surface area contributed by atoms with Gasteiger partial charge in [0, 0.05) is 22.1 Å². The van der Waals surface area contributed by atoms with Crippen LogP contribution in [0.1, 0.15) is 51.9 Å². The van der Waals surface area contributed by atoms with Gasteiger partial charge in [-0.15, -0.1) is 0 Å². The van der Waals surface area contributed by atoms with Gasteiger partial charge in [0.1, 0.15) is 0 Å². The van der Waals surface area contributed by atoms with E-state index in [0.29, 0.717) is 16.5 Å². The molecule has 4 atom stereocenters. The lowest BCUT2D eigenvalue weighted by Crippen LogP contribution is -2.41. The van der Waals surface area contributed by atoms with Crippen LogP contribution in [0.25, 0.3) is 0 Å². The molecule has 1 aliphatic carbocycles. The van der Waals surface area contributed by atoms with Crippen LogP contribution in [-0.4, -0.2) is 27.3 Å². The monoisotopic (exact) mass is 229 g/mol. The molecule has 15 heavy (non-hydrogen) atoms. The van der Waals surface area contributed by atoms with Crippen molar-refractivity contribution in [1.29, 1.82) is 0 Å². The summed E-state index contributed by atoms with van der Waals surface area (Å²) in [6, 6.07) is 0.538. The van der Waals surface area contributed by atoms with Gasteiger partial charge in [0.25, 0.3) is 0 Å². The molecular weight excluding hydrogens is 206 g/mol. The van der Waals surface area contributed by atoms with Gasteiger partial charge in [-0.05, 0) is 25.8 Å². The minimum absolute atomic E-state index is 0.395. The normalized spacial score (nSPS) is 43.5. The average molecular weight is 229 g/mol. The van der Waals surface area contributed by atoms with Crippen molar-refractivity contribution in [2.45, 2.75) is 68.4 Å². The maximum atomic E-state index is 12.3. The smallest absolute Gasteiger partial charge is 0.0503 e. The Labute approximate surface area is 95.7 Å². The fourth-order valence-corrected chi connectivity index (χ4v) is 4.75. The van der Waals surface area contributed by atoms with Gasteiger partial charge >= 0.3 is 0 Å². The first-order valence-corrected chi connectivity index (χ1v) is 7.69. The van der Waals surface area contributed by atoms with Crippen molar-refractivity contribution < 1.29 is 4.21 Å². The Hall–Kier alpha value is 0.110. The summed E-state index contributed by atoms with van der Waals surface area (Å²) in [5.41, 5.74) is 0. The molecule has 0 aromatic heterocycles. The Balaban J connectivity index is 2.08. The van der Waals surface area contributed by atoms with Crippen LogP contribution in [0.5, 0.6) is 0 Å². The quantitative estimate of drug-likeness (QED) is 0.690. The molecule has 2 nitrogen and oxygen atoms in total. The minimum atomic E-state index is -0.600. The first kappa shape index (κ1) is 11.6. The zero-order valence-electron chi connectivity index (χ0n) is 9.71. The summed E-state index contributed by atoms with van der Waals surface area (Å²) in [6.45, 7) is 3.22. The van der Waals surface area contributed by atoms with Crippen molar-refractivity contribution in [3.05, 3.63) is 0 Å². The summed E-state index contributed by atoms with van der Waals surface area (Å²) in [7, 11) is -0.600. The van der Waals surface area contributed by atoms with Crippen molar-refractivity contribution in [1.82, 2.24) is 5.32 Å². The lowest BCUT2D eigenvalue weighted by Gasteiger charge is -2.28. The summed E-state index contributed by atoms with van der Waals surface area (Å²) in [6.07, 6.45) is 8.81. The van der Waals surface area contributed by atoms with E-state index in [9.17, 15) is 4.21 Å². The molecule has 0 aromatic carbocycles. The highest BCUT2D eigenvalue weighted by Gasteiger charge is 2.32. The second-order valence-electron chi connectivity index (χ2n) is 5.02. The van der Waals surface area contributed by atoms with Crippen LogP contribution in [0.2, 0.25) is 0 Å². The second-order valence-corrected chi connectivity index (χ2v) is 7.09. The third kappa shape index (κ3) is 2.82. The fourth-order valence-electron chi connectivity index (χ4n) is 2.85. The molecule has 1 heterocycles. The molecule has 1 saturated carbocycles. The molecule has 4 unspecified atom stereocenters. The Bertz CT molecular complexity index is 230. The largest absolute Gasteiger partial charge is 0.313 e. The van der Waals surface area contributed by atoms with E-state index in [1.807, 2.05) is 0 Å². The van der Waals surface area contributed by atoms with Gasteiger partial charge in [-0.25, -0.2) is 0 Å². The van der Waals surface area contributed by atoms with E-state index in [1.54, 1.807) is 0 Å². The summed E-state index contributed by atoms with van der Waals surface area (Å²) in [5, 5.41) is 4.45. The molecule has 0 bridgehead atoms. The molecule has 2 rings (SSSR count). The first-order chi connectivity index (χ1) is 7.29. The lowest BCUT2D eigenvalue weighted by molar-refractivity contribution is 0.402. The molecule has 0 aromatic rings. The molecular formula is C12H23NOS. The van der Waals surface area contributed by atoms with Crippen LogP contribution < -0.4 is 5.32 Å². The fraction of sp³-hybridized carbons (Fsp3) is 1.00. The van der Waals surface area contributed by atoms with Gasteiger partial charge in [0.15, 0.2) is 0 Å². The van der Waals surface area contributed by atoms with Gasteiger partial charge in [0.2, 0.25) is 0 Å². The molecule has 3 heteroatoms. The van der Waals surface area contributed by atoms with Crippen molar-refractivity contribution in [2.75, 3.05) is 6.54 Å². The van der Waals surface area contributed by atoms with Crippen molar-refractivity contribution in [3.63, 3.8) is 0 Å². The predicted molar refractivity (Wildman–Crippen MR) is 65.5 cm³/mol. The van der Waals surface area contributed by atoms with Gasteiger partial charge in [-0.3, -0.25) is 4.21 Å². The Morgan fingerprint density at radius 2 is 1.80 bits per heavy atom. The van der Waals surface area contributed by atoms with Crippen LogP contribution in [-0.2, 0) is 10.8 Å². The van der Waals surface area contributed by atoms with E-state index in [-0.39, 0.29) is 0 Å². The third-order valence-corrected chi connectivity index (χ3v) is 6.04. The lowest BCUT2D eigenvalue weighted by atomic mass is 9.96. The number of hydrogen-bond donors (Lipinski definition) is 1. The average Bonchev–Trinajstić information content (AvgIpc) is 2.30. The molecule has 88 valence electrons. The van der Waals surface area contributed by atoms with Crippen molar-refractivity contribution in [2.24, 2.45) is 0 Å². The zero-order valence-corrected chi connectivity index (χ0v) is 10.5. The van der Waals surface area contributed by atoms with E-state index < -0.39 is 10.8 Å². The van der Waals surface area contributed by atoms with Gasteiger partial charge in [-0.2, -0.15) is 0 Å². The highest BCUT2D eigenvalue weighted by atomic mass is 32.2. The first-order valence-electron chi connectivity index (χ1n) is 6.42. The van der Waals surface area contributed by atoms with Crippen molar-refractivity contribution >= 4 is 10.8 Å². The number of fused-ring (bicyclic) bond motifs is 1. The van der Waals surface area contributed by atoms with Crippen LogP contribution in [0, 0.1) is 0 Å². The van der Waals surface area contributed by atoms with Crippen LogP contribution >= 0.6 is 0 Å². The Morgan fingerprint density at radius 1 is 1.07 bits per heavy atom. The van der Waals surface area contributed by atoms with E-state index >= 15 is 0 Å². The number of hydrogen-bond acceptors (Lipinski definition) is 2. The van der Waals surface area contributed by atoms with E-state index in [4.69, 9.17) is 0 Å². The summed E-state index contributed by atoms with van der Waals surface area (Å²) < 4.78 is 12.3. The molecule has 1 aliphatic heterocycles. The molecule has 0 spiro atoms. The highest BCUT2D eigenvalue weighted by molar-refractivity contribution is 7.86. The van der Waals surface area contributed by atoms with Gasteiger partial charge in [-0.1, -0.05) is 32.6 Å². The van der Waals surface area contributed by atoms with Crippen LogP contribution in [0.4, 0.5) is 0 Å². The third-order valence-electron chi connectivity index (χ3n) is 3.85. The molecule has 1 N–H and O–H groups in total. The second kappa shape index (κ2) is 5.44. The summed E-state index contributed by atoms with van der Waals surface area (Å²) >= 11 is 0. The molecule has 2 fully saturated rings. The predicted octanol–water partition coefficient (Wildman–Crippen LogP) is 2.21. The zero-order chi connectivity index (χ0) is 10.7. The molecule has 1 saturated heterocycles. The summed E-state index contributed by atoms with van der Waals surface area (Å²) in [5.74, 6) is 0. The molecule has 0 radical (unpaired) electrons. The number of nitrogens with one attached hydrogen (secondary N) is 1. The van der Waals surface area contributed by atoms with E-state index in [2.05, 4.69) is 12.2 Å². The van der Waals surface area contributed by atoms with Crippen LogP contribution in [0.15, 0.2) is 0 Å². The highest BCUT2D eigenvalue weighted by Crippen LogP contribution is 2.25. The number of rotatable bonds is 0.